The Morgan fingerprint density at radius 2 is 1.86 bits per heavy atom. The van der Waals surface area contributed by atoms with Crippen LogP contribution >= 0.6 is 0 Å². The zero-order valence-corrected chi connectivity index (χ0v) is 9.29. The van der Waals surface area contributed by atoms with Gasteiger partial charge in [-0.1, -0.05) is 39.5 Å². The molecule has 0 aliphatic carbocycles. The fourth-order valence-electron chi connectivity index (χ4n) is 1.14. The number of hydrogen-bond donors (Lipinski definition) is 1. The molecule has 0 amide bonds. The van der Waals surface area contributed by atoms with E-state index in [1.54, 1.807) is 0 Å². The van der Waals surface area contributed by atoms with E-state index >= 15 is 0 Å². The summed E-state index contributed by atoms with van der Waals surface area (Å²) >= 11 is 0. The molecule has 84 valence electrons. The van der Waals surface area contributed by atoms with Crippen LogP contribution in [-0.2, 0) is 9.53 Å². The number of esters is 1. The molecule has 0 aliphatic rings. The topological polar surface area (TPSA) is 46.5 Å². The summed E-state index contributed by atoms with van der Waals surface area (Å²) in [4.78, 5) is 11.1. The van der Waals surface area contributed by atoms with Gasteiger partial charge in [-0.25, -0.2) is 4.79 Å². The Morgan fingerprint density at radius 3 is 2.43 bits per heavy atom. The molecule has 1 atom stereocenters. The van der Waals surface area contributed by atoms with Gasteiger partial charge in [0.2, 0.25) is 0 Å². The Bertz CT molecular complexity index is 145. The fraction of sp³-hybridized carbons (Fsp3) is 0.909. The molecule has 14 heavy (non-hydrogen) atoms. The van der Waals surface area contributed by atoms with Gasteiger partial charge < -0.3 is 9.84 Å². The maximum absolute atomic E-state index is 11.1. The summed E-state index contributed by atoms with van der Waals surface area (Å²) in [6, 6.07) is 0. The molecular formula is C11H22O3. The smallest absolute Gasteiger partial charge is 0.334 e. The van der Waals surface area contributed by atoms with Gasteiger partial charge in [0.25, 0.3) is 0 Å². The van der Waals surface area contributed by atoms with E-state index in [4.69, 9.17) is 4.74 Å². The lowest BCUT2D eigenvalue weighted by atomic mass is 10.2. The number of hydrogen-bond acceptors (Lipinski definition) is 3. The second-order valence-corrected chi connectivity index (χ2v) is 3.53. The molecule has 0 saturated heterocycles. The third kappa shape index (κ3) is 6.89. The lowest BCUT2D eigenvalue weighted by Crippen LogP contribution is -2.23. The van der Waals surface area contributed by atoms with Gasteiger partial charge in [0, 0.05) is 0 Å². The monoisotopic (exact) mass is 202 g/mol. The van der Waals surface area contributed by atoms with Crippen molar-refractivity contribution in [1.82, 2.24) is 0 Å². The SMILES string of the molecule is CCCCCOC(=O)[C@H](O)CCCC. The Balaban J connectivity index is 3.42. The van der Waals surface area contributed by atoms with Crippen LogP contribution in [0, 0.1) is 0 Å². The number of unbranched alkanes of at least 4 members (excludes halogenated alkanes) is 3. The van der Waals surface area contributed by atoms with Crippen molar-refractivity contribution in [2.45, 2.75) is 58.5 Å². The zero-order chi connectivity index (χ0) is 10.8. The molecule has 0 aromatic carbocycles. The number of aliphatic hydroxyl groups excluding tert-OH is 1. The van der Waals surface area contributed by atoms with Gasteiger partial charge in [-0.2, -0.15) is 0 Å². The Hall–Kier alpha value is -0.570. The predicted octanol–water partition coefficient (Wildman–Crippen LogP) is 2.27. The van der Waals surface area contributed by atoms with Crippen LogP contribution < -0.4 is 0 Å². The third-order valence-corrected chi connectivity index (χ3v) is 2.10. The summed E-state index contributed by atoms with van der Waals surface area (Å²) in [6.07, 6.45) is 4.52. The minimum atomic E-state index is -0.920. The Kier molecular flexibility index (Phi) is 8.64. The maximum Gasteiger partial charge on any atom is 0.334 e. The van der Waals surface area contributed by atoms with Crippen LogP contribution in [0.15, 0.2) is 0 Å². The molecule has 0 bridgehead atoms. The molecule has 3 nitrogen and oxygen atoms in total. The molecule has 0 aromatic heterocycles. The minimum absolute atomic E-state index is 0.440. The van der Waals surface area contributed by atoms with E-state index < -0.39 is 12.1 Å². The molecule has 0 heterocycles. The normalized spacial score (nSPS) is 12.5. The first-order valence-corrected chi connectivity index (χ1v) is 5.57. The van der Waals surface area contributed by atoms with Crippen molar-refractivity contribution < 1.29 is 14.6 Å². The Morgan fingerprint density at radius 1 is 1.21 bits per heavy atom. The lowest BCUT2D eigenvalue weighted by Gasteiger charge is -2.09. The van der Waals surface area contributed by atoms with Crippen LogP contribution in [0.4, 0.5) is 0 Å². The number of carbonyl (C=O) groups excluding carboxylic acids is 1. The second kappa shape index (κ2) is 9.00. The van der Waals surface area contributed by atoms with Gasteiger partial charge in [0.05, 0.1) is 6.61 Å². The summed E-state index contributed by atoms with van der Waals surface area (Å²) in [7, 11) is 0. The van der Waals surface area contributed by atoms with Crippen molar-refractivity contribution >= 4 is 5.97 Å². The highest BCUT2D eigenvalue weighted by atomic mass is 16.5. The number of ether oxygens (including phenoxy) is 1. The van der Waals surface area contributed by atoms with Crippen LogP contribution in [0.1, 0.15) is 52.4 Å². The fourth-order valence-corrected chi connectivity index (χ4v) is 1.14. The highest BCUT2D eigenvalue weighted by molar-refractivity contribution is 5.74. The molecule has 0 rings (SSSR count). The summed E-state index contributed by atoms with van der Waals surface area (Å²) in [5.74, 6) is -0.463. The van der Waals surface area contributed by atoms with Crippen LogP contribution in [-0.4, -0.2) is 23.8 Å². The zero-order valence-electron chi connectivity index (χ0n) is 9.29. The van der Waals surface area contributed by atoms with E-state index in [2.05, 4.69) is 6.92 Å². The molecule has 3 heteroatoms. The van der Waals surface area contributed by atoms with Gasteiger partial charge in [-0.3, -0.25) is 0 Å². The Labute approximate surface area is 86.5 Å². The minimum Gasteiger partial charge on any atom is -0.464 e. The molecule has 0 aliphatic heterocycles. The first-order chi connectivity index (χ1) is 6.72. The van der Waals surface area contributed by atoms with Crippen molar-refractivity contribution in [1.29, 1.82) is 0 Å². The van der Waals surface area contributed by atoms with Crippen molar-refractivity contribution in [3.8, 4) is 0 Å². The molecule has 0 aromatic rings. The highest BCUT2D eigenvalue weighted by Crippen LogP contribution is 2.03. The molecule has 0 fully saturated rings. The number of rotatable bonds is 8. The second-order valence-electron chi connectivity index (χ2n) is 3.53. The summed E-state index contributed by atoms with van der Waals surface area (Å²) in [6.45, 7) is 4.56. The average Bonchev–Trinajstić information content (AvgIpc) is 2.20. The quantitative estimate of drug-likeness (QED) is 0.485. The highest BCUT2D eigenvalue weighted by Gasteiger charge is 2.14. The van der Waals surface area contributed by atoms with E-state index in [0.29, 0.717) is 13.0 Å². The average molecular weight is 202 g/mol. The van der Waals surface area contributed by atoms with E-state index in [-0.39, 0.29) is 0 Å². The molecular weight excluding hydrogens is 180 g/mol. The van der Waals surface area contributed by atoms with Crippen molar-refractivity contribution in [3.05, 3.63) is 0 Å². The van der Waals surface area contributed by atoms with Crippen molar-refractivity contribution in [2.75, 3.05) is 6.61 Å². The molecule has 1 N–H and O–H groups in total. The van der Waals surface area contributed by atoms with Crippen molar-refractivity contribution in [2.24, 2.45) is 0 Å². The van der Waals surface area contributed by atoms with E-state index in [1.807, 2.05) is 6.92 Å². The van der Waals surface area contributed by atoms with E-state index in [9.17, 15) is 9.90 Å². The lowest BCUT2D eigenvalue weighted by molar-refractivity contribution is -0.154. The van der Waals surface area contributed by atoms with Crippen molar-refractivity contribution in [3.63, 3.8) is 0 Å². The largest absolute Gasteiger partial charge is 0.464 e. The molecule has 0 spiro atoms. The van der Waals surface area contributed by atoms with E-state index in [0.717, 1.165) is 32.1 Å². The summed E-state index contributed by atoms with van der Waals surface area (Å²) in [5.41, 5.74) is 0. The maximum atomic E-state index is 11.1. The van der Waals surface area contributed by atoms with Gasteiger partial charge >= 0.3 is 5.97 Å². The first kappa shape index (κ1) is 13.4. The van der Waals surface area contributed by atoms with Crippen LogP contribution in [0.2, 0.25) is 0 Å². The standard InChI is InChI=1S/C11H22O3/c1-3-5-7-9-14-11(13)10(12)8-6-4-2/h10,12H,3-9H2,1-2H3/t10-/m1/s1. The van der Waals surface area contributed by atoms with Gasteiger partial charge in [0.15, 0.2) is 6.10 Å². The molecule has 0 unspecified atom stereocenters. The molecule has 0 radical (unpaired) electrons. The third-order valence-electron chi connectivity index (χ3n) is 2.10. The van der Waals surface area contributed by atoms with E-state index in [1.165, 1.54) is 0 Å². The van der Waals surface area contributed by atoms with Gasteiger partial charge in [-0.15, -0.1) is 0 Å². The van der Waals surface area contributed by atoms with Crippen LogP contribution in [0.5, 0.6) is 0 Å². The molecule has 0 saturated carbocycles. The number of aliphatic hydroxyl groups is 1. The first-order valence-electron chi connectivity index (χ1n) is 5.57. The van der Waals surface area contributed by atoms with Gasteiger partial charge in [0.1, 0.15) is 0 Å². The van der Waals surface area contributed by atoms with Crippen LogP contribution in [0.3, 0.4) is 0 Å². The van der Waals surface area contributed by atoms with Gasteiger partial charge in [-0.05, 0) is 12.8 Å². The van der Waals surface area contributed by atoms with Crippen LogP contribution in [0.25, 0.3) is 0 Å². The summed E-state index contributed by atoms with van der Waals surface area (Å²) < 4.78 is 4.91. The predicted molar refractivity (Wildman–Crippen MR) is 56.0 cm³/mol. The summed E-state index contributed by atoms with van der Waals surface area (Å²) in [5, 5.41) is 9.33. The number of carbonyl (C=O) groups is 1.